The van der Waals surface area contributed by atoms with E-state index in [0.717, 1.165) is 29.7 Å². The molecule has 0 spiro atoms. The maximum Gasteiger partial charge on any atom is 0.272 e. The Bertz CT molecular complexity index is 1290. The summed E-state index contributed by atoms with van der Waals surface area (Å²) in [6, 6.07) is 15.3. The summed E-state index contributed by atoms with van der Waals surface area (Å²) in [5, 5.41) is 8.30. The molecule has 1 saturated heterocycles. The quantitative estimate of drug-likeness (QED) is 0.570. The van der Waals surface area contributed by atoms with Crippen LogP contribution in [0.3, 0.4) is 0 Å². The van der Waals surface area contributed by atoms with Crippen molar-refractivity contribution >= 4 is 23.3 Å². The number of amides is 2. The van der Waals surface area contributed by atoms with Crippen molar-refractivity contribution in [2.45, 2.75) is 38.8 Å². The van der Waals surface area contributed by atoms with Crippen molar-refractivity contribution in [2.24, 2.45) is 5.73 Å². The van der Waals surface area contributed by atoms with E-state index in [2.05, 4.69) is 23.0 Å². The van der Waals surface area contributed by atoms with Crippen LogP contribution in [0, 0.1) is 11.3 Å². The second kappa shape index (κ2) is 10.5. The Morgan fingerprint density at radius 2 is 1.81 bits per heavy atom. The minimum absolute atomic E-state index is 0.0696. The van der Waals surface area contributed by atoms with Crippen LogP contribution >= 0.6 is 0 Å². The molecule has 0 unspecified atom stereocenters. The number of hydrogen-bond donors (Lipinski definition) is 2. The molecule has 36 heavy (non-hydrogen) atoms. The maximum absolute atomic E-state index is 12.3. The fourth-order valence-corrected chi connectivity index (χ4v) is 4.41. The van der Waals surface area contributed by atoms with Crippen LogP contribution in [0.1, 0.15) is 41.9 Å². The van der Waals surface area contributed by atoms with Gasteiger partial charge in [-0.15, -0.1) is 0 Å². The van der Waals surface area contributed by atoms with Gasteiger partial charge in [0.05, 0.1) is 5.56 Å². The monoisotopic (exact) mass is 483 g/mol. The number of carbonyl (C=O) groups excluding carboxylic acids is 2. The topological polar surface area (TPSA) is 142 Å². The maximum atomic E-state index is 12.3. The van der Waals surface area contributed by atoms with Crippen LogP contribution in [0.25, 0.3) is 11.1 Å². The molecule has 1 aromatic carbocycles. The third-order valence-corrected chi connectivity index (χ3v) is 6.38. The first-order valence-electron chi connectivity index (χ1n) is 11.8. The van der Waals surface area contributed by atoms with Crippen molar-refractivity contribution in [3.8, 4) is 17.2 Å². The molecule has 9 nitrogen and oxygen atoms in total. The van der Waals surface area contributed by atoms with Gasteiger partial charge in [0.25, 0.3) is 5.91 Å². The normalized spacial score (nSPS) is 16.7. The van der Waals surface area contributed by atoms with Gasteiger partial charge in [0.1, 0.15) is 17.6 Å². The van der Waals surface area contributed by atoms with Gasteiger partial charge in [-0.2, -0.15) is 5.26 Å². The molecule has 0 aliphatic carbocycles. The summed E-state index contributed by atoms with van der Waals surface area (Å²) >= 11 is 0. The summed E-state index contributed by atoms with van der Waals surface area (Å²) in [4.78, 5) is 36.0. The Labute approximate surface area is 210 Å². The van der Waals surface area contributed by atoms with Crippen molar-refractivity contribution in [1.82, 2.24) is 14.9 Å². The fourth-order valence-electron chi connectivity index (χ4n) is 4.41. The summed E-state index contributed by atoms with van der Waals surface area (Å²) in [7, 11) is 0. The summed E-state index contributed by atoms with van der Waals surface area (Å²) in [5.41, 5.74) is 16.2. The minimum atomic E-state index is -0.0696. The summed E-state index contributed by atoms with van der Waals surface area (Å²) in [6.07, 6.45) is 5.09. The molecule has 9 heteroatoms. The Morgan fingerprint density at radius 1 is 1.06 bits per heavy atom. The van der Waals surface area contributed by atoms with Gasteiger partial charge in [0, 0.05) is 55.7 Å². The van der Waals surface area contributed by atoms with Crippen LogP contribution < -0.4 is 16.4 Å². The molecule has 4 heterocycles. The zero-order valence-corrected chi connectivity index (χ0v) is 20.4. The number of nitrogen functional groups attached to an aromatic ring is 1. The molecular weight excluding hydrogens is 454 g/mol. The van der Waals surface area contributed by atoms with Gasteiger partial charge in [-0.1, -0.05) is 12.1 Å². The van der Waals surface area contributed by atoms with Crippen molar-refractivity contribution in [2.75, 3.05) is 23.7 Å². The van der Waals surface area contributed by atoms with Crippen molar-refractivity contribution in [3.63, 3.8) is 0 Å². The highest BCUT2D eigenvalue weighted by Crippen LogP contribution is 2.34. The lowest BCUT2D eigenvalue weighted by molar-refractivity contribution is -0.117. The third-order valence-electron chi connectivity index (χ3n) is 6.38. The van der Waals surface area contributed by atoms with Crippen LogP contribution in [0.15, 0.2) is 54.9 Å². The molecule has 0 bridgehead atoms. The molecule has 2 aliphatic rings. The van der Waals surface area contributed by atoms with Gasteiger partial charge < -0.3 is 21.3 Å². The minimum Gasteiger partial charge on any atom is -0.384 e. The molecule has 5 rings (SSSR count). The SMILES string of the molecule is CC(=O)N1c2ccc(-c3ccc(C(=O)N4CC(N)C4)nc3)cc2CC[C@@H]1C.N#Cc1ccc(N)nc1. The average Bonchev–Trinajstić information content (AvgIpc) is 2.87. The first-order valence-corrected chi connectivity index (χ1v) is 11.8. The van der Waals surface area contributed by atoms with E-state index < -0.39 is 0 Å². The number of aromatic nitrogens is 2. The number of nitrogens with zero attached hydrogens (tertiary/aromatic N) is 5. The van der Waals surface area contributed by atoms with Gasteiger partial charge in [-0.3, -0.25) is 14.6 Å². The smallest absolute Gasteiger partial charge is 0.272 e. The van der Waals surface area contributed by atoms with Gasteiger partial charge in [-0.05, 0) is 61.2 Å². The molecule has 0 radical (unpaired) electrons. The zero-order chi connectivity index (χ0) is 25.8. The van der Waals surface area contributed by atoms with Crippen LogP contribution in [-0.2, 0) is 11.2 Å². The first-order chi connectivity index (χ1) is 17.3. The van der Waals surface area contributed by atoms with E-state index in [1.807, 2.05) is 29.2 Å². The lowest BCUT2D eigenvalue weighted by Crippen LogP contribution is -2.57. The van der Waals surface area contributed by atoms with Crippen LogP contribution in [0.2, 0.25) is 0 Å². The standard InChI is InChI=1S/C21H24N4O2.C6H5N3/c1-13-3-4-16-9-15(6-8-20(16)25(13)14(2)26)17-5-7-19(23-10-17)21(27)24-11-18(22)12-24;7-3-5-1-2-6(8)9-4-5/h5-10,13,18H,3-4,11-12,22H2,1-2H3;1-2,4H,(H2,8,9)/t13-;/m0./s1. The van der Waals surface area contributed by atoms with Crippen molar-refractivity contribution < 1.29 is 9.59 Å². The van der Waals surface area contributed by atoms with E-state index in [1.165, 1.54) is 11.8 Å². The van der Waals surface area contributed by atoms with Gasteiger partial charge in [0.2, 0.25) is 5.91 Å². The number of carbonyl (C=O) groups is 2. The number of nitriles is 1. The Morgan fingerprint density at radius 3 is 2.39 bits per heavy atom. The Balaban J connectivity index is 0.000000286. The average molecular weight is 484 g/mol. The molecule has 184 valence electrons. The highest BCUT2D eigenvalue weighted by Gasteiger charge is 2.29. The molecule has 4 N–H and O–H groups in total. The molecule has 0 saturated carbocycles. The number of pyridine rings is 2. The van der Waals surface area contributed by atoms with Crippen molar-refractivity contribution in [3.05, 3.63) is 71.7 Å². The number of rotatable bonds is 2. The van der Waals surface area contributed by atoms with E-state index in [0.29, 0.717) is 30.2 Å². The molecule has 1 atom stereocenters. The largest absolute Gasteiger partial charge is 0.384 e. The molecular formula is C27H29N7O2. The number of anilines is 2. The number of aryl methyl sites for hydroxylation is 1. The van der Waals surface area contributed by atoms with E-state index in [1.54, 1.807) is 36.2 Å². The second-order valence-electron chi connectivity index (χ2n) is 9.11. The number of benzene rings is 1. The summed E-state index contributed by atoms with van der Waals surface area (Å²) in [5.74, 6) is 0.445. The lowest BCUT2D eigenvalue weighted by Gasteiger charge is -2.36. The van der Waals surface area contributed by atoms with Gasteiger partial charge >= 0.3 is 0 Å². The number of fused-ring (bicyclic) bond motifs is 1. The fraction of sp³-hybridized carbons (Fsp3) is 0.296. The van der Waals surface area contributed by atoms with Gasteiger partial charge in [0.15, 0.2) is 0 Å². The van der Waals surface area contributed by atoms with E-state index in [4.69, 9.17) is 16.7 Å². The predicted octanol–water partition coefficient (Wildman–Crippen LogP) is 2.75. The molecule has 1 fully saturated rings. The van der Waals surface area contributed by atoms with Crippen LogP contribution in [-0.4, -0.2) is 51.9 Å². The van der Waals surface area contributed by atoms with E-state index in [-0.39, 0.29) is 23.9 Å². The lowest BCUT2D eigenvalue weighted by atomic mass is 9.93. The number of nitrogens with two attached hydrogens (primary N) is 2. The van der Waals surface area contributed by atoms with Crippen LogP contribution in [0.5, 0.6) is 0 Å². The van der Waals surface area contributed by atoms with Crippen LogP contribution in [0.4, 0.5) is 11.5 Å². The number of hydrogen-bond acceptors (Lipinski definition) is 7. The van der Waals surface area contributed by atoms with E-state index in [9.17, 15) is 9.59 Å². The van der Waals surface area contributed by atoms with Crippen molar-refractivity contribution in [1.29, 1.82) is 5.26 Å². The van der Waals surface area contributed by atoms with Gasteiger partial charge in [-0.25, -0.2) is 4.98 Å². The third kappa shape index (κ3) is 5.34. The Hall–Kier alpha value is -4.29. The molecule has 3 aromatic rings. The second-order valence-corrected chi connectivity index (χ2v) is 9.11. The predicted molar refractivity (Wildman–Crippen MR) is 138 cm³/mol. The summed E-state index contributed by atoms with van der Waals surface area (Å²) in [6.45, 7) is 4.89. The highest BCUT2D eigenvalue weighted by atomic mass is 16.2. The first kappa shape index (κ1) is 24.8. The zero-order valence-electron chi connectivity index (χ0n) is 20.4. The molecule has 2 aromatic heterocycles. The number of likely N-dealkylation sites (tertiary alicyclic amines) is 1. The van der Waals surface area contributed by atoms with E-state index >= 15 is 0 Å². The molecule has 2 aliphatic heterocycles. The summed E-state index contributed by atoms with van der Waals surface area (Å²) < 4.78 is 0. The Kier molecular flexibility index (Phi) is 7.27. The highest BCUT2D eigenvalue weighted by molar-refractivity contribution is 5.94. The molecule has 2 amide bonds.